The molecule has 37 heavy (non-hydrogen) atoms. The summed E-state index contributed by atoms with van der Waals surface area (Å²) in [5.74, 6) is 0.675. The number of nitrogens with one attached hydrogen (secondary N) is 2. The van der Waals surface area contributed by atoms with Crippen molar-refractivity contribution in [2.75, 3.05) is 17.7 Å². The largest absolute Gasteiger partial charge is 0.494 e. The summed E-state index contributed by atoms with van der Waals surface area (Å²) >= 11 is 12.1. The van der Waals surface area contributed by atoms with Gasteiger partial charge in [-0.25, -0.2) is 0 Å². The number of thioether (sulfide) groups is 1. The Labute approximate surface area is 234 Å². The maximum atomic E-state index is 12.8. The molecule has 4 aromatic rings. The van der Waals surface area contributed by atoms with Gasteiger partial charge in [-0.2, -0.15) is 0 Å². The maximum absolute atomic E-state index is 12.8. The predicted molar refractivity (Wildman–Crippen MR) is 147 cm³/mol. The van der Waals surface area contributed by atoms with E-state index in [1.807, 2.05) is 38.1 Å². The SMILES string of the molecule is CCOc1ccc(-n2c(CNC(=O)c3cc(Br)ccc3Cl)nnc2SCC(=O)Nc2nnc(C)s2)cc1. The summed E-state index contributed by atoms with van der Waals surface area (Å²) in [6.07, 6.45) is 0. The van der Waals surface area contributed by atoms with Gasteiger partial charge in [0.2, 0.25) is 11.0 Å². The molecule has 0 saturated heterocycles. The van der Waals surface area contributed by atoms with E-state index >= 15 is 0 Å². The van der Waals surface area contributed by atoms with Gasteiger partial charge in [0.15, 0.2) is 11.0 Å². The van der Waals surface area contributed by atoms with Crippen molar-refractivity contribution >= 4 is 67.6 Å². The van der Waals surface area contributed by atoms with Gasteiger partial charge in [0.1, 0.15) is 10.8 Å². The molecular formula is C23H21BrClN7O3S2. The molecule has 0 unspecified atom stereocenters. The molecule has 2 amide bonds. The number of hydrogen-bond acceptors (Lipinski definition) is 9. The minimum absolute atomic E-state index is 0.0772. The maximum Gasteiger partial charge on any atom is 0.253 e. The lowest BCUT2D eigenvalue weighted by molar-refractivity contribution is -0.113. The second kappa shape index (κ2) is 12.5. The van der Waals surface area contributed by atoms with E-state index in [-0.39, 0.29) is 24.1 Å². The van der Waals surface area contributed by atoms with E-state index in [0.717, 1.165) is 20.9 Å². The molecule has 0 saturated carbocycles. The number of benzene rings is 2. The second-order valence-electron chi connectivity index (χ2n) is 7.43. The standard InChI is InChI=1S/C23H21BrClN7O3S2/c1-3-35-16-7-5-15(6-8-16)32-19(11-26-21(34)17-10-14(24)4-9-18(17)25)29-31-23(32)36-12-20(33)27-22-30-28-13(2)37-22/h4-10H,3,11-12H2,1-2H3,(H,26,34)(H,27,30,33). The predicted octanol–water partition coefficient (Wildman–Crippen LogP) is 4.90. The molecule has 0 aliphatic carbocycles. The summed E-state index contributed by atoms with van der Waals surface area (Å²) in [6.45, 7) is 4.35. The van der Waals surface area contributed by atoms with Crippen LogP contribution in [0, 0.1) is 6.92 Å². The van der Waals surface area contributed by atoms with Crippen LogP contribution >= 0.6 is 50.6 Å². The molecule has 0 aliphatic heterocycles. The minimum Gasteiger partial charge on any atom is -0.494 e. The highest BCUT2D eigenvalue weighted by Gasteiger charge is 2.18. The van der Waals surface area contributed by atoms with Crippen LogP contribution < -0.4 is 15.4 Å². The first-order chi connectivity index (χ1) is 17.8. The van der Waals surface area contributed by atoms with Gasteiger partial charge in [-0.3, -0.25) is 19.5 Å². The number of amides is 2. The van der Waals surface area contributed by atoms with Crippen molar-refractivity contribution in [1.82, 2.24) is 30.3 Å². The van der Waals surface area contributed by atoms with Crippen molar-refractivity contribution in [3.8, 4) is 11.4 Å². The Kier molecular flexibility index (Phi) is 9.14. The van der Waals surface area contributed by atoms with Gasteiger partial charge >= 0.3 is 0 Å². The number of hydrogen-bond donors (Lipinski definition) is 2. The van der Waals surface area contributed by atoms with Gasteiger partial charge in [-0.05, 0) is 56.3 Å². The third-order valence-electron chi connectivity index (χ3n) is 4.79. The van der Waals surface area contributed by atoms with Gasteiger partial charge < -0.3 is 10.1 Å². The molecule has 14 heteroatoms. The van der Waals surface area contributed by atoms with Gasteiger partial charge in [0, 0.05) is 10.2 Å². The highest BCUT2D eigenvalue weighted by atomic mass is 79.9. The molecule has 2 N–H and O–H groups in total. The van der Waals surface area contributed by atoms with E-state index in [4.69, 9.17) is 16.3 Å². The van der Waals surface area contributed by atoms with Gasteiger partial charge in [0.25, 0.3) is 5.91 Å². The quantitative estimate of drug-likeness (QED) is 0.239. The van der Waals surface area contributed by atoms with Crippen LogP contribution in [-0.4, -0.2) is 49.1 Å². The first-order valence-corrected chi connectivity index (χ1v) is 13.9. The molecule has 0 aliphatic rings. The Hall–Kier alpha value is -3.00. The van der Waals surface area contributed by atoms with Crippen LogP contribution in [0.15, 0.2) is 52.1 Å². The van der Waals surface area contributed by atoms with Crippen LogP contribution in [0.25, 0.3) is 5.69 Å². The third kappa shape index (κ3) is 7.06. The number of rotatable bonds is 10. The van der Waals surface area contributed by atoms with E-state index in [2.05, 4.69) is 47.0 Å². The lowest BCUT2D eigenvalue weighted by Crippen LogP contribution is -2.25. The highest BCUT2D eigenvalue weighted by molar-refractivity contribution is 9.10. The van der Waals surface area contributed by atoms with Crippen LogP contribution in [-0.2, 0) is 11.3 Å². The average molecular weight is 623 g/mol. The number of aromatic nitrogens is 5. The molecule has 2 aromatic carbocycles. The molecule has 0 fully saturated rings. The molecule has 4 rings (SSSR count). The van der Waals surface area contributed by atoms with E-state index in [1.54, 1.807) is 22.8 Å². The van der Waals surface area contributed by atoms with Crippen LogP contribution in [0.2, 0.25) is 5.02 Å². The minimum atomic E-state index is -0.353. The number of carbonyl (C=O) groups is 2. The van der Waals surface area contributed by atoms with E-state index < -0.39 is 0 Å². The van der Waals surface area contributed by atoms with Gasteiger partial charge in [-0.15, -0.1) is 20.4 Å². The van der Waals surface area contributed by atoms with Crippen LogP contribution in [0.4, 0.5) is 5.13 Å². The number of nitrogens with zero attached hydrogens (tertiary/aromatic N) is 5. The Morgan fingerprint density at radius 2 is 1.92 bits per heavy atom. The fourth-order valence-corrected chi connectivity index (χ4v) is 5.13. The monoisotopic (exact) mass is 621 g/mol. The molecule has 0 bridgehead atoms. The Morgan fingerprint density at radius 1 is 1.14 bits per heavy atom. The Morgan fingerprint density at radius 3 is 2.62 bits per heavy atom. The van der Waals surface area contributed by atoms with Crippen molar-refractivity contribution < 1.29 is 14.3 Å². The van der Waals surface area contributed by atoms with Gasteiger partial charge in [0.05, 0.1) is 29.5 Å². The van der Waals surface area contributed by atoms with E-state index in [9.17, 15) is 9.59 Å². The molecule has 192 valence electrons. The fourth-order valence-electron chi connectivity index (χ4n) is 3.18. The number of halogens is 2. The van der Waals surface area contributed by atoms with Crippen molar-refractivity contribution in [3.05, 3.63) is 68.4 Å². The van der Waals surface area contributed by atoms with Gasteiger partial charge in [-0.1, -0.05) is 50.6 Å². The summed E-state index contributed by atoms with van der Waals surface area (Å²) < 4.78 is 8.06. The lowest BCUT2D eigenvalue weighted by atomic mass is 10.2. The first-order valence-electron chi connectivity index (χ1n) is 11.0. The number of carbonyl (C=O) groups excluding carboxylic acids is 2. The molecule has 0 radical (unpaired) electrons. The van der Waals surface area contributed by atoms with Crippen LogP contribution in [0.1, 0.15) is 28.1 Å². The molecule has 2 heterocycles. The molecule has 0 atom stereocenters. The van der Waals surface area contributed by atoms with Crippen molar-refractivity contribution in [3.63, 3.8) is 0 Å². The fraction of sp³-hybridized carbons (Fsp3) is 0.217. The normalized spacial score (nSPS) is 10.8. The summed E-state index contributed by atoms with van der Waals surface area (Å²) in [5.41, 5.74) is 1.09. The van der Waals surface area contributed by atoms with Crippen molar-refractivity contribution in [1.29, 1.82) is 0 Å². The summed E-state index contributed by atoms with van der Waals surface area (Å²) in [5, 5.41) is 23.9. The number of anilines is 1. The Balaban J connectivity index is 1.53. The van der Waals surface area contributed by atoms with Crippen LogP contribution in [0.5, 0.6) is 5.75 Å². The molecular weight excluding hydrogens is 602 g/mol. The van der Waals surface area contributed by atoms with Crippen molar-refractivity contribution in [2.24, 2.45) is 0 Å². The van der Waals surface area contributed by atoms with Crippen LogP contribution in [0.3, 0.4) is 0 Å². The lowest BCUT2D eigenvalue weighted by Gasteiger charge is -2.12. The zero-order valence-electron chi connectivity index (χ0n) is 19.7. The third-order valence-corrected chi connectivity index (χ3v) is 7.30. The first kappa shape index (κ1) is 27.0. The molecule has 0 spiro atoms. The van der Waals surface area contributed by atoms with E-state index in [1.165, 1.54) is 23.1 Å². The smallest absolute Gasteiger partial charge is 0.253 e. The highest BCUT2D eigenvalue weighted by Crippen LogP contribution is 2.25. The summed E-state index contributed by atoms with van der Waals surface area (Å²) in [4.78, 5) is 25.3. The average Bonchev–Trinajstić information content (AvgIpc) is 3.48. The summed E-state index contributed by atoms with van der Waals surface area (Å²) in [7, 11) is 0. The number of aryl methyl sites for hydroxylation is 1. The topological polar surface area (TPSA) is 124 Å². The summed E-state index contributed by atoms with van der Waals surface area (Å²) in [6, 6.07) is 12.4. The molecule has 10 nitrogen and oxygen atoms in total. The van der Waals surface area contributed by atoms with Crippen molar-refractivity contribution in [2.45, 2.75) is 25.5 Å². The second-order valence-corrected chi connectivity index (χ2v) is 10.9. The zero-order valence-corrected chi connectivity index (χ0v) is 23.7. The number of ether oxygens (including phenoxy) is 1. The molecule has 2 aromatic heterocycles. The van der Waals surface area contributed by atoms with E-state index in [0.29, 0.717) is 33.3 Å². The Bertz CT molecular complexity index is 1410. The zero-order chi connectivity index (χ0) is 26.4.